The summed E-state index contributed by atoms with van der Waals surface area (Å²) in [6.45, 7) is 2.18. The number of imidazole rings is 1. The van der Waals surface area contributed by atoms with Crippen LogP contribution in [0.2, 0.25) is 5.02 Å². The molecule has 1 aromatic carbocycles. The van der Waals surface area contributed by atoms with Gasteiger partial charge in [-0.2, -0.15) is 0 Å². The fourth-order valence-electron chi connectivity index (χ4n) is 1.66. The van der Waals surface area contributed by atoms with Crippen LogP contribution in [0.3, 0.4) is 0 Å². The fraction of sp³-hybridized carbons (Fsp3) is 0.308. The summed E-state index contributed by atoms with van der Waals surface area (Å²) in [5.74, 6) is 0.849. The van der Waals surface area contributed by atoms with Crippen molar-refractivity contribution in [2.45, 2.75) is 6.54 Å². The fourth-order valence-corrected chi connectivity index (χ4v) is 1.78. The summed E-state index contributed by atoms with van der Waals surface area (Å²) in [5, 5.41) is 3.98. The zero-order valence-corrected chi connectivity index (χ0v) is 11.0. The maximum atomic E-state index is 5.86. The van der Waals surface area contributed by atoms with Crippen LogP contribution >= 0.6 is 11.6 Å². The van der Waals surface area contributed by atoms with Crippen LogP contribution in [-0.4, -0.2) is 29.8 Å². The molecule has 0 bridgehead atoms. The van der Waals surface area contributed by atoms with Crippen molar-refractivity contribution < 1.29 is 4.74 Å². The van der Waals surface area contributed by atoms with E-state index < -0.39 is 0 Å². The van der Waals surface area contributed by atoms with Gasteiger partial charge in [0.25, 0.3) is 0 Å². The topological polar surface area (TPSA) is 39.1 Å². The molecule has 0 spiro atoms. The summed E-state index contributed by atoms with van der Waals surface area (Å²) in [5.41, 5.74) is 1.19. The number of ether oxygens (including phenoxy) is 1. The molecule has 0 fully saturated rings. The Kier molecular flexibility index (Phi) is 4.61. The van der Waals surface area contributed by atoms with E-state index in [-0.39, 0.29) is 0 Å². The number of methoxy groups -OCH3 is 1. The molecular formula is C13H16ClN3O. The van der Waals surface area contributed by atoms with E-state index >= 15 is 0 Å². The van der Waals surface area contributed by atoms with Gasteiger partial charge in [0.05, 0.1) is 13.2 Å². The average Bonchev–Trinajstić information content (AvgIpc) is 2.80. The van der Waals surface area contributed by atoms with Crippen molar-refractivity contribution >= 4 is 17.5 Å². The van der Waals surface area contributed by atoms with E-state index in [1.165, 1.54) is 5.56 Å². The molecule has 0 aliphatic carbocycles. The standard InChI is InChI=1S/C13H16ClN3O/c1-18-9-7-16-13-15-6-8-17(13)10-11-2-4-12(14)5-3-11/h2-6,8H,7,9-10H2,1H3,(H,15,16). The molecule has 0 amide bonds. The summed E-state index contributed by atoms with van der Waals surface area (Å²) >= 11 is 5.86. The van der Waals surface area contributed by atoms with Gasteiger partial charge in [-0.15, -0.1) is 0 Å². The summed E-state index contributed by atoms with van der Waals surface area (Å²) in [4.78, 5) is 4.27. The molecule has 1 N–H and O–H groups in total. The lowest BCUT2D eigenvalue weighted by Crippen LogP contribution is -2.12. The number of rotatable bonds is 6. The number of aromatic nitrogens is 2. The quantitative estimate of drug-likeness (QED) is 0.816. The number of nitrogens with one attached hydrogen (secondary N) is 1. The highest BCUT2D eigenvalue weighted by molar-refractivity contribution is 6.30. The Bertz CT molecular complexity index is 481. The first kappa shape index (κ1) is 12.9. The normalized spacial score (nSPS) is 10.6. The van der Waals surface area contributed by atoms with Crippen LogP contribution in [0.5, 0.6) is 0 Å². The molecule has 96 valence electrons. The van der Waals surface area contributed by atoms with Gasteiger partial charge in [0.15, 0.2) is 0 Å². The Morgan fingerprint density at radius 2 is 2.11 bits per heavy atom. The summed E-state index contributed by atoms with van der Waals surface area (Å²) in [7, 11) is 1.68. The second kappa shape index (κ2) is 6.42. The van der Waals surface area contributed by atoms with Gasteiger partial charge in [0, 0.05) is 31.1 Å². The zero-order valence-electron chi connectivity index (χ0n) is 10.3. The SMILES string of the molecule is COCCNc1nccn1Cc1ccc(Cl)cc1. The number of hydrogen-bond donors (Lipinski definition) is 1. The van der Waals surface area contributed by atoms with Gasteiger partial charge in [-0.25, -0.2) is 4.98 Å². The van der Waals surface area contributed by atoms with E-state index in [2.05, 4.69) is 14.9 Å². The Hall–Kier alpha value is -1.52. The third-order valence-electron chi connectivity index (χ3n) is 2.57. The van der Waals surface area contributed by atoms with Gasteiger partial charge in [-0.1, -0.05) is 23.7 Å². The molecule has 2 aromatic rings. The van der Waals surface area contributed by atoms with Crippen LogP contribution in [-0.2, 0) is 11.3 Å². The van der Waals surface area contributed by atoms with Crippen molar-refractivity contribution in [3.8, 4) is 0 Å². The lowest BCUT2D eigenvalue weighted by atomic mass is 10.2. The molecular weight excluding hydrogens is 250 g/mol. The molecule has 5 heteroatoms. The Labute approximate surface area is 112 Å². The number of halogens is 1. The van der Waals surface area contributed by atoms with Gasteiger partial charge < -0.3 is 14.6 Å². The molecule has 18 heavy (non-hydrogen) atoms. The van der Waals surface area contributed by atoms with E-state index in [0.717, 1.165) is 24.1 Å². The van der Waals surface area contributed by atoms with Crippen LogP contribution in [0, 0.1) is 0 Å². The third kappa shape index (κ3) is 3.48. The molecule has 4 nitrogen and oxygen atoms in total. The summed E-state index contributed by atoms with van der Waals surface area (Å²) < 4.78 is 7.05. The average molecular weight is 266 g/mol. The van der Waals surface area contributed by atoms with Crippen LogP contribution in [0.25, 0.3) is 0 Å². The predicted octanol–water partition coefficient (Wildman–Crippen LogP) is 2.64. The summed E-state index contributed by atoms with van der Waals surface area (Å²) in [6.07, 6.45) is 3.73. The monoisotopic (exact) mass is 265 g/mol. The van der Waals surface area contributed by atoms with Crippen LogP contribution in [0.1, 0.15) is 5.56 Å². The molecule has 0 radical (unpaired) electrons. The second-order valence-corrected chi connectivity index (χ2v) is 4.36. The number of benzene rings is 1. The first-order valence-electron chi connectivity index (χ1n) is 5.78. The van der Waals surface area contributed by atoms with E-state index in [1.54, 1.807) is 13.3 Å². The maximum absolute atomic E-state index is 5.86. The van der Waals surface area contributed by atoms with E-state index in [0.29, 0.717) is 6.61 Å². The number of anilines is 1. The van der Waals surface area contributed by atoms with E-state index in [1.807, 2.05) is 30.5 Å². The van der Waals surface area contributed by atoms with Crippen molar-refractivity contribution in [1.82, 2.24) is 9.55 Å². The van der Waals surface area contributed by atoms with Crippen LogP contribution < -0.4 is 5.32 Å². The van der Waals surface area contributed by atoms with Gasteiger partial charge in [0.2, 0.25) is 5.95 Å². The molecule has 0 saturated carbocycles. The largest absolute Gasteiger partial charge is 0.383 e. The minimum atomic E-state index is 0.661. The highest BCUT2D eigenvalue weighted by Gasteiger charge is 2.02. The third-order valence-corrected chi connectivity index (χ3v) is 2.82. The minimum Gasteiger partial charge on any atom is -0.383 e. The molecule has 0 saturated heterocycles. The van der Waals surface area contributed by atoms with E-state index in [9.17, 15) is 0 Å². The number of nitrogens with zero attached hydrogens (tertiary/aromatic N) is 2. The molecule has 0 aliphatic heterocycles. The van der Waals surface area contributed by atoms with Gasteiger partial charge in [0.1, 0.15) is 0 Å². The molecule has 0 unspecified atom stereocenters. The van der Waals surface area contributed by atoms with Crippen molar-refractivity contribution in [2.75, 3.05) is 25.6 Å². The number of hydrogen-bond acceptors (Lipinski definition) is 3. The lowest BCUT2D eigenvalue weighted by Gasteiger charge is -2.09. The first-order chi connectivity index (χ1) is 8.79. The Morgan fingerprint density at radius 1 is 1.33 bits per heavy atom. The van der Waals surface area contributed by atoms with Gasteiger partial charge in [-0.3, -0.25) is 0 Å². The summed E-state index contributed by atoms with van der Waals surface area (Å²) in [6, 6.07) is 7.82. The van der Waals surface area contributed by atoms with Crippen LogP contribution in [0.15, 0.2) is 36.7 Å². The van der Waals surface area contributed by atoms with Crippen LogP contribution in [0.4, 0.5) is 5.95 Å². The second-order valence-electron chi connectivity index (χ2n) is 3.92. The zero-order chi connectivity index (χ0) is 12.8. The molecule has 0 aliphatic rings. The van der Waals surface area contributed by atoms with Crippen molar-refractivity contribution in [3.63, 3.8) is 0 Å². The molecule has 1 heterocycles. The lowest BCUT2D eigenvalue weighted by molar-refractivity contribution is 0.210. The predicted molar refractivity (Wildman–Crippen MR) is 73.1 cm³/mol. The maximum Gasteiger partial charge on any atom is 0.203 e. The van der Waals surface area contributed by atoms with E-state index in [4.69, 9.17) is 16.3 Å². The highest BCUT2D eigenvalue weighted by atomic mass is 35.5. The van der Waals surface area contributed by atoms with Gasteiger partial charge >= 0.3 is 0 Å². The molecule has 0 atom stereocenters. The van der Waals surface area contributed by atoms with Gasteiger partial charge in [-0.05, 0) is 17.7 Å². The molecule has 1 aromatic heterocycles. The molecule has 2 rings (SSSR count). The van der Waals surface area contributed by atoms with Crippen molar-refractivity contribution in [3.05, 3.63) is 47.2 Å². The highest BCUT2D eigenvalue weighted by Crippen LogP contribution is 2.13. The Morgan fingerprint density at radius 3 is 2.83 bits per heavy atom. The first-order valence-corrected chi connectivity index (χ1v) is 6.16. The smallest absolute Gasteiger partial charge is 0.203 e. The Balaban J connectivity index is 2.00. The van der Waals surface area contributed by atoms with Crippen molar-refractivity contribution in [1.29, 1.82) is 0 Å². The van der Waals surface area contributed by atoms with Crippen molar-refractivity contribution in [2.24, 2.45) is 0 Å². The minimum absolute atomic E-state index is 0.661.